The van der Waals surface area contributed by atoms with Crippen molar-refractivity contribution < 1.29 is 4.79 Å². The summed E-state index contributed by atoms with van der Waals surface area (Å²) < 4.78 is 2.03. The van der Waals surface area contributed by atoms with Gasteiger partial charge in [0, 0.05) is 17.6 Å². The molecule has 0 radical (unpaired) electrons. The highest BCUT2D eigenvalue weighted by molar-refractivity contribution is 7.99. The molecule has 0 saturated heterocycles. The lowest BCUT2D eigenvalue weighted by molar-refractivity contribution is 0.0747. The van der Waals surface area contributed by atoms with Gasteiger partial charge in [0.15, 0.2) is 0 Å². The predicted molar refractivity (Wildman–Crippen MR) is 98.4 cm³/mol. The Hall–Kier alpha value is -2.27. The maximum atomic E-state index is 13.0. The van der Waals surface area contributed by atoms with Gasteiger partial charge in [0.25, 0.3) is 5.91 Å². The van der Waals surface area contributed by atoms with Crippen LogP contribution in [0.5, 0.6) is 0 Å². The van der Waals surface area contributed by atoms with E-state index in [0.717, 1.165) is 27.6 Å². The molecule has 0 bridgehead atoms. The molecule has 5 heteroatoms. The number of carbonyl (C=O) groups excluding carboxylic acids is 1. The maximum Gasteiger partial charge on any atom is 0.255 e. The summed E-state index contributed by atoms with van der Waals surface area (Å²) in [5.74, 6) is 1.02. The van der Waals surface area contributed by atoms with E-state index >= 15 is 0 Å². The summed E-state index contributed by atoms with van der Waals surface area (Å²) >= 11 is 1.70. The molecule has 2 heterocycles. The number of hydrogen-bond donors (Lipinski definition) is 0. The fourth-order valence-corrected chi connectivity index (χ4v) is 3.52. The molecular weight excluding hydrogens is 318 g/mol. The van der Waals surface area contributed by atoms with Crippen LogP contribution in [-0.4, -0.2) is 32.5 Å². The zero-order valence-corrected chi connectivity index (χ0v) is 14.8. The van der Waals surface area contributed by atoms with E-state index in [1.54, 1.807) is 11.8 Å². The summed E-state index contributed by atoms with van der Waals surface area (Å²) in [6.07, 6.45) is 3.83. The van der Waals surface area contributed by atoms with Crippen molar-refractivity contribution in [3.05, 3.63) is 66.1 Å². The molecule has 2 aromatic heterocycles. The van der Waals surface area contributed by atoms with Gasteiger partial charge in [-0.15, -0.1) is 11.8 Å². The van der Waals surface area contributed by atoms with Gasteiger partial charge in [-0.05, 0) is 36.9 Å². The van der Waals surface area contributed by atoms with Gasteiger partial charge in [-0.25, -0.2) is 4.98 Å². The fraction of sp³-hybridized carbons (Fsp3) is 0.263. The molecule has 3 rings (SSSR count). The van der Waals surface area contributed by atoms with Crippen LogP contribution >= 0.6 is 11.8 Å². The number of benzene rings is 1. The van der Waals surface area contributed by atoms with Crippen LogP contribution in [0.4, 0.5) is 0 Å². The first kappa shape index (κ1) is 16.6. The van der Waals surface area contributed by atoms with E-state index < -0.39 is 0 Å². The third-order valence-corrected chi connectivity index (χ3v) is 4.89. The lowest BCUT2D eigenvalue weighted by atomic mass is 10.2. The normalized spacial score (nSPS) is 10.9. The number of fused-ring (bicyclic) bond motifs is 1. The molecule has 0 unspecified atom stereocenters. The quantitative estimate of drug-likeness (QED) is 0.634. The second-order valence-electron chi connectivity index (χ2n) is 5.43. The lowest BCUT2D eigenvalue weighted by Crippen LogP contribution is -2.31. The van der Waals surface area contributed by atoms with Crippen molar-refractivity contribution in [2.75, 3.05) is 12.3 Å². The second-order valence-corrected chi connectivity index (χ2v) is 6.73. The van der Waals surface area contributed by atoms with Crippen molar-refractivity contribution in [1.82, 2.24) is 14.3 Å². The molecule has 0 atom stereocenters. The van der Waals surface area contributed by atoms with E-state index in [2.05, 4.69) is 11.9 Å². The Morgan fingerprint density at radius 3 is 2.75 bits per heavy atom. The van der Waals surface area contributed by atoms with Crippen molar-refractivity contribution in [2.24, 2.45) is 0 Å². The van der Waals surface area contributed by atoms with Gasteiger partial charge in [0.05, 0.1) is 24.0 Å². The van der Waals surface area contributed by atoms with Gasteiger partial charge in [0.1, 0.15) is 5.65 Å². The van der Waals surface area contributed by atoms with Crippen molar-refractivity contribution in [2.45, 2.75) is 25.3 Å². The zero-order valence-electron chi connectivity index (χ0n) is 14.0. The van der Waals surface area contributed by atoms with E-state index in [9.17, 15) is 4.79 Å². The van der Waals surface area contributed by atoms with Crippen LogP contribution in [0, 0.1) is 0 Å². The largest absolute Gasteiger partial charge is 0.333 e. The summed E-state index contributed by atoms with van der Waals surface area (Å²) in [5.41, 5.74) is 2.69. The summed E-state index contributed by atoms with van der Waals surface area (Å²) in [7, 11) is 0. The number of imidazole rings is 1. The van der Waals surface area contributed by atoms with Gasteiger partial charge < -0.3 is 9.30 Å². The highest BCUT2D eigenvalue weighted by atomic mass is 32.2. The minimum absolute atomic E-state index is 0.0694. The number of nitrogens with zero attached hydrogens (tertiary/aromatic N) is 3. The van der Waals surface area contributed by atoms with Gasteiger partial charge in [-0.3, -0.25) is 4.79 Å². The van der Waals surface area contributed by atoms with Crippen LogP contribution < -0.4 is 0 Å². The lowest BCUT2D eigenvalue weighted by Gasteiger charge is -2.22. The molecule has 0 spiro atoms. The smallest absolute Gasteiger partial charge is 0.255 e. The van der Waals surface area contributed by atoms with Crippen LogP contribution in [0.3, 0.4) is 0 Å². The Labute approximate surface area is 146 Å². The van der Waals surface area contributed by atoms with E-state index in [4.69, 9.17) is 0 Å². The summed E-state index contributed by atoms with van der Waals surface area (Å²) in [4.78, 5) is 20.3. The molecule has 0 fully saturated rings. The van der Waals surface area contributed by atoms with Crippen molar-refractivity contribution in [3.63, 3.8) is 0 Å². The van der Waals surface area contributed by atoms with Crippen LogP contribution in [0.1, 0.15) is 29.9 Å². The van der Waals surface area contributed by atoms with Crippen LogP contribution in [0.2, 0.25) is 0 Å². The molecule has 0 saturated carbocycles. The Kier molecular flexibility index (Phi) is 5.20. The first-order valence-electron chi connectivity index (χ1n) is 8.16. The van der Waals surface area contributed by atoms with Crippen molar-refractivity contribution >= 4 is 23.3 Å². The standard InChI is InChI=1S/C19H21N3OS/c1-3-21(14-15-13-20-18-11-7-8-12-22(15)18)19(23)16-9-5-6-10-17(16)24-4-2/h5-13H,3-4,14H2,1-2H3. The second kappa shape index (κ2) is 7.53. The molecule has 1 amide bonds. The molecule has 4 nitrogen and oxygen atoms in total. The molecule has 24 heavy (non-hydrogen) atoms. The summed E-state index contributed by atoms with van der Waals surface area (Å²) in [6, 6.07) is 13.7. The number of pyridine rings is 1. The number of hydrogen-bond acceptors (Lipinski definition) is 3. The zero-order chi connectivity index (χ0) is 16.9. The molecule has 3 aromatic rings. The van der Waals surface area contributed by atoms with Crippen LogP contribution in [-0.2, 0) is 6.54 Å². The Balaban J connectivity index is 1.87. The van der Waals surface area contributed by atoms with Crippen LogP contribution in [0.25, 0.3) is 5.65 Å². The predicted octanol–water partition coefficient (Wildman–Crippen LogP) is 4.11. The molecule has 0 N–H and O–H groups in total. The number of amides is 1. The first-order valence-corrected chi connectivity index (χ1v) is 9.15. The fourth-order valence-electron chi connectivity index (χ4n) is 2.72. The third kappa shape index (κ3) is 3.31. The highest BCUT2D eigenvalue weighted by Crippen LogP contribution is 2.24. The van der Waals surface area contributed by atoms with Crippen LogP contribution in [0.15, 0.2) is 59.8 Å². The topological polar surface area (TPSA) is 37.6 Å². The maximum absolute atomic E-state index is 13.0. The summed E-state index contributed by atoms with van der Waals surface area (Å²) in [5, 5.41) is 0. The Morgan fingerprint density at radius 2 is 1.96 bits per heavy atom. The molecule has 0 aliphatic carbocycles. The number of aromatic nitrogens is 2. The molecule has 0 aliphatic heterocycles. The molecular formula is C19H21N3OS. The molecule has 1 aromatic carbocycles. The average molecular weight is 339 g/mol. The van der Waals surface area contributed by atoms with Gasteiger partial charge >= 0.3 is 0 Å². The highest BCUT2D eigenvalue weighted by Gasteiger charge is 2.19. The minimum Gasteiger partial charge on any atom is -0.333 e. The number of thioether (sulfide) groups is 1. The SMILES string of the molecule is CCSc1ccccc1C(=O)N(CC)Cc1cnc2ccccn12. The van der Waals surface area contributed by atoms with Gasteiger partial charge in [-0.1, -0.05) is 25.1 Å². The number of carbonyl (C=O) groups is 1. The van der Waals surface area contributed by atoms with Crippen molar-refractivity contribution in [3.8, 4) is 0 Å². The minimum atomic E-state index is 0.0694. The molecule has 0 aliphatic rings. The average Bonchev–Trinajstić information content (AvgIpc) is 3.03. The Bertz CT molecular complexity index is 843. The van der Waals surface area contributed by atoms with E-state index in [0.29, 0.717) is 13.1 Å². The summed E-state index contributed by atoms with van der Waals surface area (Å²) in [6.45, 7) is 5.31. The van der Waals surface area contributed by atoms with E-state index in [1.165, 1.54) is 0 Å². The monoisotopic (exact) mass is 339 g/mol. The van der Waals surface area contributed by atoms with Gasteiger partial charge in [0.2, 0.25) is 0 Å². The van der Waals surface area contributed by atoms with E-state index in [1.807, 2.05) is 71.1 Å². The van der Waals surface area contributed by atoms with Crippen molar-refractivity contribution in [1.29, 1.82) is 0 Å². The molecule has 124 valence electrons. The Morgan fingerprint density at radius 1 is 1.17 bits per heavy atom. The van der Waals surface area contributed by atoms with Gasteiger partial charge in [-0.2, -0.15) is 0 Å². The first-order chi connectivity index (χ1) is 11.7. The third-order valence-electron chi connectivity index (χ3n) is 3.93. The number of rotatable bonds is 6. The van der Waals surface area contributed by atoms with E-state index in [-0.39, 0.29) is 5.91 Å².